The molecule has 0 spiro atoms. The van der Waals surface area contributed by atoms with Gasteiger partial charge < -0.3 is 5.32 Å². The average molecular weight is 423 g/mol. The van der Waals surface area contributed by atoms with Crippen LogP contribution in [0.4, 0.5) is 5.13 Å². The fraction of sp³-hybridized carbons (Fsp3) is 0.474. The van der Waals surface area contributed by atoms with Crippen molar-refractivity contribution in [2.75, 3.05) is 44.3 Å². The second kappa shape index (κ2) is 8.28. The van der Waals surface area contributed by atoms with Crippen molar-refractivity contribution in [3.8, 4) is 11.3 Å². The van der Waals surface area contributed by atoms with Crippen LogP contribution >= 0.6 is 11.3 Å². The lowest BCUT2D eigenvalue weighted by molar-refractivity contribution is -0.117. The van der Waals surface area contributed by atoms with E-state index in [-0.39, 0.29) is 12.5 Å². The Morgan fingerprint density at radius 1 is 1.11 bits per heavy atom. The molecule has 9 heteroatoms. The van der Waals surface area contributed by atoms with Crippen molar-refractivity contribution in [2.45, 2.75) is 20.8 Å². The number of rotatable bonds is 5. The second-order valence-electron chi connectivity index (χ2n) is 7.28. The van der Waals surface area contributed by atoms with Gasteiger partial charge in [-0.15, -0.1) is 11.3 Å². The number of piperazine rings is 1. The molecule has 2 aromatic rings. The Morgan fingerprint density at radius 3 is 2.39 bits per heavy atom. The number of thiazole rings is 1. The SMILES string of the molecule is Cc1cc(C)c(-c2csc(NC(=O)CN3CCN(S(C)(=O)=O)CC3)n2)cc1C. The lowest BCUT2D eigenvalue weighted by Crippen LogP contribution is -2.50. The van der Waals surface area contributed by atoms with Gasteiger partial charge in [0.15, 0.2) is 5.13 Å². The van der Waals surface area contributed by atoms with E-state index in [1.165, 1.54) is 33.0 Å². The van der Waals surface area contributed by atoms with Gasteiger partial charge in [0.1, 0.15) is 0 Å². The smallest absolute Gasteiger partial charge is 0.240 e. The van der Waals surface area contributed by atoms with Gasteiger partial charge in [-0.1, -0.05) is 6.07 Å². The largest absolute Gasteiger partial charge is 0.301 e. The molecule has 1 aliphatic heterocycles. The molecule has 0 atom stereocenters. The standard InChI is InChI=1S/C19H26N4O3S2/c1-13-9-15(3)16(10-14(13)2)17-12-27-19(20-17)21-18(24)11-22-5-7-23(8-6-22)28(4,25)26/h9-10,12H,5-8,11H2,1-4H3,(H,20,21,24). The van der Waals surface area contributed by atoms with E-state index in [1.807, 2.05) is 10.3 Å². The number of hydrogen-bond acceptors (Lipinski definition) is 6. The Hall–Kier alpha value is -1.81. The maximum absolute atomic E-state index is 12.4. The number of benzene rings is 1. The van der Waals surface area contributed by atoms with Crippen LogP contribution in [0.2, 0.25) is 0 Å². The maximum Gasteiger partial charge on any atom is 0.240 e. The summed E-state index contributed by atoms with van der Waals surface area (Å²) in [6.07, 6.45) is 1.21. The summed E-state index contributed by atoms with van der Waals surface area (Å²) in [6.45, 7) is 8.39. The molecule has 1 fully saturated rings. The van der Waals surface area contributed by atoms with Crippen molar-refractivity contribution in [1.29, 1.82) is 0 Å². The Morgan fingerprint density at radius 2 is 1.75 bits per heavy atom. The number of hydrogen-bond donors (Lipinski definition) is 1. The number of aromatic nitrogens is 1. The lowest BCUT2D eigenvalue weighted by Gasteiger charge is -2.32. The van der Waals surface area contributed by atoms with Crippen LogP contribution in [0.1, 0.15) is 16.7 Å². The van der Waals surface area contributed by atoms with Crippen LogP contribution in [0.3, 0.4) is 0 Å². The van der Waals surface area contributed by atoms with Gasteiger partial charge in [0, 0.05) is 37.1 Å². The highest BCUT2D eigenvalue weighted by atomic mass is 32.2. The van der Waals surface area contributed by atoms with Crippen molar-refractivity contribution >= 4 is 32.4 Å². The van der Waals surface area contributed by atoms with Crippen molar-refractivity contribution in [3.05, 3.63) is 34.2 Å². The highest BCUT2D eigenvalue weighted by Crippen LogP contribution is 2.29. The molecule has 1 aromatic carbocycles. The van der Waals surface area contributed by atoms with E-state index in [2.05, 4.69) is 43.2 Å². The molecule has 0 saturated carbocycles. The predicted molar refractivity (Wildman–Crippen MR) is 113 cm³/mol. The molecule has 0 unspecified atom stereocenters. The van der Waals surface area contributed by atoms with Gasteiger partial charge >= 0.3 is 0 Å². The van der Waals surface area contributed by atoms with Crippen molar-refractivity contribution in [3.63, 3.8) is 0 Å². The molecule has 1 saturated heterocycles. The van der Waals surface area contributed by atoms with Crippen molar-refractivity contribution < 1.29 is 13.2 Å². The van der Waals surface area contributed by atoms with Crippen LogP contribution < -0.4 is 5.32 Å². The highest BCUT2D eigenvalue weighted by Gasteiger charge is 2.24. The molecule has 7 nitrogen and oxygen atoms in total. The quantitative estimate of drug-likeness (QED) is 0.799. The van der Waals surface area contributed by atoms with Gasteiger partial charge in [-0.05, 0) is 43.5 Å². The molecule has 28 heavy (non-hydrogen) atoms. The van der Waals surface area contributed by atoms with Crippen LogP contribution in [-0.2, 0) is 14.8 Å². The molecule has 1 aliphatic rings. The minimum absolute atomic E-state index is 0.134. The fourth-order valence-corrected chi connectivity index (χ4v) is 4.83. The van der Waals surface area contributed by atoms with Gasteiger partial charge in [-0.2, -0.15) is 4.31 Å². The molecule has 3 rings (SSSR count). The molecule has 1 aromatic heterocycles. The lowest BCUT2D eigenvalue weighted by atomic mass is 9.99. The zero-order valence-electron chi connectivity index (χ0n) is 16.7. The molecule has 1 N–H and O–H groups in total. The number of carbonyl (C=O) groups is 1. The molecular formula is C19H26N4O3S2. The van der Waals surface area contributed by atoms with E-state index in [4.69, 9.17) is 0 Å². The van der Waals surface area contributed by atoms with Crippen LogP contribution in [0, 0.1) is 20.8 Å². The van der Waals surface area contributed by atoms with Gasteiger partial charge in [0.05, 0.1) is 18.5 Å². The number of nitrogens with zero attached hydrogens (tertiary/aromatic N) is 3. The first-order chi connectivity index (χ1) is 13.1. The molecule has 0 radical (unpaired) electrons. The summed E-state index contributed by atoms with van der Waals surface area (Å²) in [5.74, 6) is -0.134. The van der Waals surface area contributed by atoms with E-state index < -0.39 is 10.0 Å². The number of aryl methyl sites for hydroxylation is 3. The number of sulfonamides is 1. The summed E-state index contributed by atoms with van der Waals surface area (Å²) in [6, 6.07) is 4.28. The normalized spacial score (nSPS) is 16.3. The number of anilines is 1. The van der Waals surface area contributed by atoms with E-state index in [9.17, 15) is 13.2 Å². The zero-order valence-corrected chi connectivity index (χ0v) is 18.3. The zero-order chi connectivity index (χ0) is 20.5. The molecule has 0 bridgehead atoms. The summed E-state index contributed by atoms with van der Waals surface area (Å²) in [5.41, 5.74) is 5.57. The molecule has 2 heterocycles. The molecule has 1 amide bonds. The topological polar surface area (TPSA) is 82.6 Å². The predicted octanol–water partition coefficient (Wildman–Crippen LogP) is 2.25. The second-order valence-corrected chi connectivity index (χ2v) is 10.1. The first-order valence-corrected chi connectivity index (χ1v) is 11.9. The number of carbonyl (C=O) groups excluding carboxylic acids is 1. The summed E-state index contributed by atoms with van der Waals surface area (Å²) in [7, 11) is -3.16. The third-order valence-electron chi connectivity index (χ3n) is 5.03. The van der Waals surface area contributed by atoms with E-state index in [1.54, 1.807) is 0 Å². The fourth-order valence-electron chi connectivity index (χ4n) is 3.27. The molecule has 0 aliphatic carbocycles. The third-order valence-corrected chi connectivity index (χ3v) is 7.10. The number of nitrogens with one attached hydrogen (secondary N) is 1. The van der Waals surface area contributed by atoms with Crippen molar-refractivity contribution in [1.82, 2.24) is 14.2 Å². The Bertz CT molecular complexity index is 977. The van der Waals surface area contributed by atoms with Crippen LogP contribution in [0.5, 0.6) is 0 Å². The molecule has 152 valence electrons. The minimum Gasteiger partial charge on any atom is -0.301 e. The Labute approximate surface area is 170 Å². The summed E-state index contributed by atoms with van der Waals surface area (Å²) in [4.78, 5) is 18.9. The van der Waals surface area contributed by atoms with E-state index in [0.717, 1.165) is 16.8 Å². The summed E-state index contributed by atoms with van der Waals surface area (Å²) >= 11 is 1.41. The van der Waals surface area contributed by atoms with Crippen LogP contribution in [0.25, 0.3) is 11.3 Å². The van der Waals surface area contributed by atoms with Gasteiger partial charge in [0.2, 0.25) is 15.9 Å². The highest BCUT2D eigenvalue weighted by molar-refractivity contribution is 7.88. The van der Waals surface area contributed by atoms with Crippen molar-refractivity contribution in [2.24, 2.45) is 0 Å². The first kappa shape index (κ1) is 20.9. The minimum atomic E-state index is -3.16. The van der Waals surface area contributed by atoms with Gasteiger partial charge in [0.25, 0.3) is 0 Å². The molecular weight excluding hydrogens is 396 g/mol. The van der Waals surface area contributed by atoms with E-state index >= 15 is 0 Å². The Kier molecular flexibility index (Phi) is 6.18. The van der Waals surface area contributed by atoms with E-state index in [0.29, 0.717) is 31.3 Å². The average Bonchev–Trinajstić information content (AvgIpc) is 3.05. The van der Waals surface area contributed by atoms with Gasteiger partial charge in [-0.3, -0.25) is 9.69 Å². The maximum atomic E-state index is 12.4. The summed E-state index contributed by atoms with van der Waals surface area (Å²) in [5, 5.41) is 5.39. The van der Waals surface area contributed by atoms with Gasteiger partial charge in [-0.25, -0.2) is 13.4 Å². The summed E-state index contributed by atoms with van der Waals surface area (Å²) < 4.78 is 24.6. The monoisotopic (exact) mass is 422 g/mol. The first-order valence-electron chi connectivity index (χ1n) is 9.14. The number of amides is 1. The van der Waals surface area contributed by atoms with Crippen LogP contribution in [-0.4, -0.2) is 67.5 Å². The van der Waals surface area contributed by atoms with Crippen LogP contribution in [0.15, 0.2) is 17.5 Å². The third kappa shape index (κ3) is 4.96. The Balaban J connectivity index is 1.59.